The third-order valence-electron chi connectivity index (χ3n) is 3.84. The van der Waals surface area contributed by atoms with Gasteiger partial charge in [0.25, 0.3) is 5.91 Å². The van der Waals surface area contributed by atoms with Crippen molar-refractivity contribution in [3.05, 3.63) is 29.3 Å². The van der Waals surface area contributed by atoms with E-state index < -0.39 is 10.0 Å². The summed E-state index contributed by atoms with van der Waals surface area (Å²) in [7, 11) is -1.77. The van der Waals surface area contributed by atoms with Gasteiger partial charge in [0.15, 0.2) is 0 Å². The molecule has 1 amide bonds. The van der Waals surface area contributed by atoms with Crippen molar-refractivity contribution in [3.8, 4) is 0 Å². The second-order valence-electron chi connectivity index (χ2n) is 5.47. The van der Waals surface area contributed by atoms with Gasteiger partial charge in [-0.2, -0.15) is 4.31 Å². The number of nitrogens with one attached hydrogen (secondary N) is 2. The molecule has 1 atom stereocenters. The Balaban J connectivity index is 0.00000529. The first-order chi connectivity index (χ1) is 10.8. The number of halogens is 1. The Hall–Kier alpha value is -1.15. The number of rotatable bonds is 8. The van der Waals surface area contributed by atoms with Crippen molar-refractivity contribution in [3.63, 3.8) is 0 Å². The molecule has 1 aromatic rings. The predicted molar refractivity (Wildman–Crippen MR) is 99.4 cm³/mol. The van der Waals surface area contributed by atoms with Gasteiger partial charge in [0, 0.05) is 31.2 Å². The summed E-state index contributed by atoms with van der Waals surface area (Å²) in [5.74, 6) is -0.275. The van der Waals surface area contributed by atoms with Gasteiger partial charge in [-0.25, -0.2) is 8.42 Å². The van der Waals surface area contributed by atoms with Crippen molar-refractivity contribution < 1.29 is 13.2 Å². The van der Waals surface area contributed by atoms with Crippen molar-refractivity contribution >= 4 is 28.3 Å². The molecule has 6 nitrogen and oxygen atoms in total. The highest BCUT2D eigenvalue weighted by atomic mass is 35.5. The summed E-state index contributed by atoms with van der Waals surface area (Å²) < 4.78 is 26.8. The van der Waals surface area contributed by atoms with Crippen LogP contribution in [0.25, 0.3) is 0 Å². The molecule has 1 aromatic carbocycles. The summed E-state index contributed by atoms with van der Waals surface area (Å²) in [5, 5.41) is 5.82. The molecule has 0 aliphatic rings. The maximum atomic E-state index is 12.7. The number of hydrogen-bond donors (Lipinski definition) is 2. The van der Waals surface area contributed by atoms with Gasteiger partial charge < -0.3 is 10.6 Å². The summed E-state index contributed by atoms with van der Waals surface area (Å²) in [4.78, 5) is 12.4. The van der Waals surface area contributed by atoms with E-state index in [1.165, 1.54) is 10.4 Å². The van der Waals surface area contributed by atoms with E-state index >= 15 is 0 Å². The molecule has 0 spiro atoms. The third kappa shape index (κ3) is 5.44. The molecule has 0 bridgehead atoms. The minimum Gasteiger partial charge on any atom is -0.350 e. The van der Waals surface area contributed by atoms with Crippen molar-refractivity contribution in [1.29, 1.82) is 0 Å². The Morgan fingerprint density at radius 3 is 2.33 bits per heavy atom. The molecule has 1 unspecified atom stereocenters. The average molecular weight is 378 g/mol. The van der Waals surface area contributed by atoms with Crippen LogP contribution in [0.15, 0.2) is 23.1 Å². The fourth-order valence-electron chi connectivity index (χ4n) is 2.17. The smallest absolute Gasteiger partial charge is 0.251 e. The zero-order chi connectivity index (χ0) is 17.6. The maximum absolute atomic E-state index is 12.7. The number of nitrogens with zero attached hydrogens (tertiary/aromatic N) is 1. The Bertz CT molecular complexity index is 646. The topological polar surface area (TPSA) is 78.5 Å². The van der Waals surface area contributed by atoms with Crippen LogP contribution in [0.3, 0.4) is 0 Å². The monoisotopic (exact) mass is 377 g/mol. The SMILES string of the molecule is CCN(CC)S(=O)(=O)c1cc(C(=O)NCC(C)NC)ccc1C.Cl. The quantitative estimate of drug-likeness (QED) is 0.723. The second-order valence-corrected chi connectivity index (χ2v) is 7.38. The normalized spacial score (nSPS) is 12.6. The van der Waals surface area contributed by atoms with Crippen molar-refractivity contribution in [2.75, 3.05) is 26.7 Å². The summed E-state index contributed by atoms with van der Waals surface area (Å²) in [6.07, 6.45) is 0. The third-order valence-corrected chi connectivity index (χ3v) is 6.03. The van der Waals surface area contributed by atoms with Crippen LogP contribution in [-0.2, 0) is 10.0 Å². The number of likely N-dealkylation sites (N-methyl/N-ethyl adjacent to an activating group) is 1. The molecule has 138 valence electrons. The number of carbonyl (C=O) groups is 1. The minimum atomic E-state index is -3.58. The molecule has 1 rings (SSSR count). The zero-order valence-corrected chi connectivity index (χ0v) is 16.6. The van der Waals surface area contributed by atoms with Crippen LogP contribution >= 0.6 is 12.4 Å². The lowest BCUT2D eigenvalue weighted by atomic mass is 10.1. The van der Waals surface area contributed by atoms with Crippen molar-refractivity contribution in [1.82, 2.24) is 14.9 Å². The van der Waals surface area contributed by atoms with Gasteiger partial charge in [-0.05, 0) is 38.6 Å². The highest BCUT2D eigenvalue weighted by Crippen LogP contribution is 2.21. The fourth-order valence-corrected chi connectivity index (χ4v) is 3.88. The van der Waals surface area contributed by atoms with E-state index in [-0.39, 0.29) is 29.3 Å². The van der Waals surface area contributed by atoms with Crippen LogP contribution in [-0.4, -0.2) is 51.4 Å². The van der Waals surface area contributed by atoms with E-state index in [2.05, 4.69) is 10.6 Å². The van der Waals surface area contributed by atoms with E-state index in [0.29, 0.717) is 30.8 Å². The van der Waals surface area contributed by atoms with Crippen LogP contribution < -0.4 is 10.6 Å². The molecule has 0 heterocycles. The molecule has 0 saturated carbocycles. The standard InChI is InChI=1S/C16H27N3O3S.ClH/c1-6-19(7-2)23(21,22)15-10-14(9-8-12(15)3)16(20)18-11-13(4)17-5;/h8-10,13,17H,6-7,11H2,1-5H3,(H,18,20);1H. The lowest BCUT2D eigenvalue weighted by Gasteiger charge is -2.20. The molecule has 0 aliphatic heterocycles. The second kappa shape index (κ2) is 9.98. The molecular formula is C16H28ClN3O3S. The summed E-state index contributed by atoms with van der Waals surface area (Å²) in [6, 6.07) is 4.92. The lowest BCUT2D eigenvalue weighted by molar-refractivity contribution is 0.0950. The van der Waals surface area contributed by atoms with Gasteiger partial charge >= 0.3 is 0 Å². The number of amides is 1. The number of carbonyl (C=O) groups excluding carboxylic acids is 1. The largest absolute Gasteiger partial charge is 0.350 e. The number of hydrogen-bond acceptors (Lipinski definition) is 4. The van der Waals surface area contributed by atoms with Gasteiger partial charge in [-0.3, -0.25) is 4.79 Å². The molecule has 8 heteroatoms. The van der Waals surface area contributed by atoms with Gasteiger partial charge in [-0.1, -0.05) is 19.9 Å². The maximum Gasteiger partial charge on any atom is 0.251 e. The minimum absolute atomic E-state index is 0. The molecule has 0 fully saturated rings. The average Bonchev–Trinajstić information content (AvgIpc) is 2.53. The lowest BCUT2D eigenvalue weighted by Crippen LogP contribution is -2.37. The van der Waals surface area contributed by atoms with Gasteiger partial charge in [0.05, 0.1) is 4.90 Å². The van der Waals surface area contributed by atoms with Crippen LogP contribution in [0.4, 0.5) is 0 Å². The Kier molecular flexibility index (Phi) is 9.50. The zero-order valence-electron chi connectivity index (χ0n) is 14.9. The highest BCUT2D eigenvalue weighted by molar-refractivity contribution is 7.89. The molecule has 0 radical (unpaired) electrons. The molecule has 0 aromatic heterocycles. The number of benzene rings is 1. The number of aryl methyl sites for hydroxylation is 1. The van der Waals surface area contributed by atoms with E-state index in [0.717, 1.165) is 0 Å². The first-order valence-electron chi connectivity index (χ1n) is 7.84. The Morgan fingerprint density at radius 1 is 1.25 bits per heavy atom. The van der Waals surface area contributed by atoms with E-state index in [9.17, 15) is 13.2 Å². The summed E-state index contributed by atoms with van der Waals surface area (Å²) >= 11 is 0. The van der Waals surface area contributed by atoms with Gasteiger partial charge in [0.2, 0.25) is 10.0 Å². The first-order valence-corrected chi connectivity index (χ1v) is 9.28. The summed E-state index contributed by atoms with van der Waals surface area (Å²) in [5.41, 5.74) is 0.988. The van der Waals surface area contributed by atoms with Crippen LogP contribution in [0.2, 0.25) is 0 Å². The first kappa shape index (κ1) is 22.9. The molecule has 0 saturated heterocycles. The fraction of sp³-hybridized carbons (Fsp3) is 0.562. The highest BCUT2D eigenvalue weighted by Gasteiger charge is 2.24. The van der Waals surface area contributed by atoms with Crippen molar-refractivity contribution in [2.24, 2.45) is 0 Å². The van der Waals surface area contributed by atoms with Crippen LogP contribution in [0, 0.1) is 6.92 Å². The van der Waals surface area contributed by atoms with E-state index in [1.54, 1.807) is 32.9 Å². The molecular weight excluding hydrogens is 350 g/mol. The number of sulfonamides is 1. The van der Waals surface area contributed by atoms with E-state index in [1.807, 2.05) is 14.0 Å². The summed E-state index contributed by atoms with van der Waals surface area (Å²) in [6.45, 7) is 8.55. The van der Waals surface area contributed by atoms with E-state index in [4.69, 9.17) is 0 Å². The van der Waals surface area contributed by atoms with Crippen LogP contribution in [0.5, 0.6) is 0 Å². The van der Waals surface area contributed by atoms with Gasteiger partial charge in [-0.15, -0.1) is 12.4 Å². The molecule has 24 heavy (non-hydrogen) atoms. The van der Waals surface area contributed by atoms with Crippen LogP contribution in [0.1, 0.15) is 36.7 Å². The van der Waals surface area contributed by atoms with Gasteiger partial charge in [0.1, 0.15) is 0 Å². The Morgan fingerprint density at radius 2 is 1.83 bits per heavy atom. The predicted octanol–water partition coefficient (Wildman–Crippen LogP) is 1.79. The van der Waals surface area contributed by atoms with Crippen molar-refractivity contribution in [2.45, 2.75) is 38.6 Å². The molecule has 0 aliphatic carbocycles. The molecule has 2 N–H and O–H groups in total. The Labute approximate surface area is 151 Å².